The lowest BCUT2D eigenvalue weighted by Crippen LogP contribution is -2.50. The van der Waals surface area contributed by atoms with Crippen molar-refractivity contribution in [2.45, 2.75) is 11.1 Å². The van der Waals surface area contributed by atoms with Crippen LogP contribution in [0, 0.1) is 6.92 Å². The van der Waals surface area contributed by atoms with Crippen molar-refractivity contribution in [1.82, 2.24) is 9.21 Å². The van der Waals surface area contributed by atoms with Crippen molar-refractivity contribution in [3.05, 3.63) is 45.8 Å². The van der Waals surface area contributed by atoms with Gasteiger partial charge in [0.1, 0.15) is 9.96 Å². The quantitative estimate of drug-likeness (QED) is 0.858. The van der Waals surface area contributed by atoms with E-state index in [2.05, 4.69) is 0 Å². The second kappa shape index (κ2) is 6.95. The molecule has 1 aliphatic heterocycles. The van der Waals surface area contributed by atoms with Crippen LogP contribution in [-0.2, 0) is 10.0 Å². The molecule has 0 aliphatic carbocycles. The summed E-state index contributed by atoms with van der Waals surface area (Å²) in [5.41, 5.74) is 0.123. The number of thiophene rings is 1. The third-order valence-corrected chi connectivity index (χ3v) is 7.63. The van der Waals surface area contributed by atoms with Gasteiger partial charge in [0.25, 0.3) is 15.9 Å². The zero-order valence-electron chi connectivity index (χ0n) is 13.5. The number of carbonyl (C=O) groups is 1. The smallest absolute Gasteiger partial charge is 0.257 e. The van der Waals surface area contributed by atoms with Crippen LogP contribution in [0.25, 0.3) is 0 Å². The van der Waals surface area contributed by atoms with Gasteiger partial charge in [-0.3, -0.25) is 4.79 Å². The van der Waals surface area contributed by atoms with Crippen LogP contribution in [0.1, 0.15) is 15.2 Å². The Bertz CT molecular complexity index is 903. The van der Waals surface area contributed by atoms with Crippen LogP contribution in [-0.4, -0.2) is 54.8 Å². The standard InChI is InChI=1S/C16H17ClN2O4S2/c1-11-2-5-15(24-11)25(22,23)19-8-6-18(7-9-19)16(21)13-10-12(17)3-4-14(13)20/h2-5,10,20H,6-9H2,1H3. The molecule has 1 aromatic carbocycles. The number of piperazine rings is 1. The third-order valence-electron chi connectivity index (χ3n) is 4.02. The number of phenolic OH excluding ortho intramolecular Hbond substituents is 1. The minimum atomic E-state index is -3.53. The lowest BCUT2D eigenvalue weighted by Gasteiger charge is -2.33. The molecule has 0 unspecified atom stereocenters. The molecule has 0 radical (unpaired) electrons. The van der Waals surface area contributed by atoms with E-state index in [9.17, 15) is 18.3 Å². The number of carbonyl (C=O) groups excluding carboxylic acids is 1. The van der Waals surface area contributed by atoms with Crippen LogP contribution in [0.4, 0.5) is 0 Å². The predicted octanol–water partition coefficient (Wildman–Crippen LogP) is 2.56. The molecule has 0 bridgehead atoms. The van der Waals surface area contributed by atoms with Crippen molar-refractivity contribution in [3.63, 3.8) is 0 Å². The topological polar surface area (TPSA) is 77.9 Å². The minimum Gasteiger partial charge on any atom is -0.507 e. The van der Waals surface area contributed by atoms with E-state index < -0.39 is 10.0 Å². The molecule has 0 saturated carbocycles. The van der Waals surface area contributed by atoms with Gasteiger partial charge in [0.2, 0.25) is 0 Å². The van der Waals surface area contributed by atoms with Crippen LogP contribution in [0.2, 0.25) is 5.02 Å². The number of aryl methyl sites for hydroxylation is 1. The highest BCUT2D eigenvalue weighted by molar-refractivity contribution is 7.91. The number of nitrogens with zero attached hydrogens (tertiary/aromatic N) is 2. The maximum atomic E-state index is 12.6. The molecule has 1 fully saturated rings. The molecule has 1 aliphatic rings. The molecule has 2 aromatic rings. The van der Waals surface area contributed by atoms with Crippen molar-refractivity contribution in [2.24, 2.45) is 0 Å². The van der Waals surface area contributed by atoms with E-state index in [1.54, 1.807) is 12.1 Å². The highest BCUT2D eigenvalue weighted by atomic mass is 35.5. The van der Waals surface area contributed by atoms with E-state index in [0.717, 1.165) is 4.88 Å². The average molecular weight is 401 g/mol. The van der Waals surface area contributed by atoms with Gasteiger partial charge in [-0.2, -0.15) is 4.31 Å². The van der Waals surface area contributed by atoms with E-state index in [4.69, 9.17) is 11.6 Å². The summed E-state index contributed by atoms with van der Waals surface area (Å²) < 4.78 is 26.9. The zero-order valence-corrected chi connectivity index (χ0v) is 15.9. The number of aromatic hydroxyl groups is 1. The molecule has 1 amide bonds. The number of sulfonamides is 1. The van der Waals surface area contributed by atoms with E-state index in [1.165, 1.54) is 38.7 Å². The lowest BCUT2D eigenvalue weighted by atomic mass is 10.1. The highest BCUT2D eigenvalue weighted by Gasteiger charge is 2.31. The summed E-state index contributed by atoms with van der Waals surface area (Å²) in [4.78, 5) is 15.0. The van der Waals surface area contributed by atoms with Crippen LogP contribution in [0.15, 0.2) is 34.5 Å². The Hall–Kier alpha value is -1.61. The molecule has 0 atom stereocenters. The zero-order chi connectivity index (χ0) is 18.2. The summed E-state index contributed by atoms with van der Waals surface area (Å²) >= 11 is 7.12. The predicted molar refractivity (Wildman–Crippen MR) is 96.8 cm³/mol. The normalized spacial score (nSPS) is 16.2. The third kappa shape index (κ3) is 3.67. The van der Waals surface area contributed by atoms with Gasteiger partial charge >= 0.3 is 0 Å². The molecule has 1 aromatic heterocycles. The highest BCUT2D eigenvalue weighted by Crippen LogP contribution is 2.27. The number of halogens is 1. The number of hydrogen-bond acceptors (Lipinski definition) is 5. The van der Waals surface area contributed by atoms with Crippen molar-refractivity contribution in [3.8, 4) is 5.75 Å². The van der Waals surface area contributed by atoms with Crippen molar-refractivity contribution in [1.29, 1.82) is 0 Å². The van der Waals surface area contributed by atoms with Crippen LogP contribution < -0.4 is 0 Å². The second-order valence-corrected chi connectivity index (χ2v) is 9.61. The van der Waals surface area contributed by atoms with Gasteiger partial charge in [-0.1, -0.05) is 11.6 Å². The molecule has 0 spiro atoms. The second-order valence-electron chi connectivity index (χ2n) is 5.72. The number of amides is 1. The molecule has 25 heavy (non-hydrogen) atoms. The first-order valence-corrected chi connectivity index (χ1v) is 10.3. The molecule has 134 valence electrons. The molecule has 3 rings (SSSR count). The van der Waals surface area contributed by atoms with Gasteiger partial charge in [0, 0.05) is 36.1 Å². The summed E-state index contributed by atoms with van der Waals surface area (Å²) in [6.45, 7) is 2.80. The van der Waals surface area contributed by atoms with Crippen LogP contribution in [0.5, 0.6) is 5.75 Å². The Morgan fingerprint density at radius 1 is 1.16 bits per heavy atom. The Balaban J connectivity index is 1.71. The molecule has 1 N–H and O–H groups in total. The molecule has 2 heterocycles. The summed E-state index contributed by atoms with van der Waals surface area (Å²) in [7, 11) is -3.53. The van der Waals surface area contributed by atoms with E-state index in [0.29, 0.717) is 9.23 Å². The summed E-state index contributed by atoms with van der Waals surface area (Å²) in [6, 6.07) is 7.67. The Kier molecular flexibility index (Phi) is 5.06. The first-order chi connectivity index (χ1) is 11.8. The van der Waals surface area contributed by atoms with Gasteiger partial charge in [-0.25, -0.2) is 8.42 Å². The summed E-state index contributed by atoms with van der Waals surface area (Å²) in [5, 5.41) is 10.2. The van der Waals surface area contributed by atoms with Crippen molar-refractivity contribution < 1.29 is 18.3 Å². The first kappa shape index (κ1) is 18.2. The van der Waals surface area contributed by atoms with Gasteiger partial charge < -0.3 is 10.0 Å². The Labute approximate surface area is 155 Å². The largest absolute Gasteiger partial charge is 0.507 e. The summed E-state index contributed by atoms with van der Waals surface area (Å²) in [6.07, 6.45) is 0. The van der Waals surface area contributed by atoms with Gasteiger partial charge in [-0.05, 0) is 37.3 Å². The van der Waals surface area contributed by atoms with E-state index in [-0.39, 0.29) is 43.4 Å². The minimum absolute atomic E-state index is 0.123. The fourth-order valence-electron chi connectivity index (χ4n) is 2.66. The number of hydrogen-bond donors (Lipinski definition) is 1. The van der Waals surface area contributed by atoms with Crippen molar-refractivity contribution >= 4 is 38.9 Å². The van der Waals surface area contributed by atoms with E-state index in [1.807, 2.05) is 6.92 Å². The fraction of sp³-hybridized carbons (Fsp3) is 0.312. The maximum Gasteiger partial charge on any atom is 0.257 e. The maximum absolute atomic E-state index is 12.6. The van der Waals surface area contributed by atoms with Crippen LogP contribution >= 0.6 is 22.9 Å². The number of rotatable bonds is 3. The van der Waals surface area contributed by atoms with E-state index >= 15 is 0 Å². The Morgan fingerprint density at radius 3 is 2.44 bits per heavy atom. The molecule has 1 saturated heterocycles. The SMILES string of the molecule is Cc1ccc(S(=O)(=O)N2CCN(C(=O)c3cc(Cl)ccc3O)CC2)s1. The molecular formula is C16H17ClN2O4S2. The van der Waals surface area contributed by atoms with Crippen LogP contribution in [0.3, 0.4) is 0 Å². The lowest BCUT2D eigenvalue weighted by molar-refractivity contribution is 0.0695. The molecular weight excluding hydrogens is 384 g/mol. The molecule has 9 heteroatoms. The van der Waals surface area contributed by atoms with Crippen molar-refractivity contribution in [2.75, 3.05) is 26.2 Å². The fourth-order valence-corrected chi connectivity index (χ4v) is 5.69. The Morgan fingerprint density at radius 2 is 1.84 bits per heavy atom. The monoisotopic (exact) mass is 400 g/mol. The number of benzene rings is 1. The number of phenols is 1. The first-order valence-electron chi connectivity index (χ1n) is 7.63. The summed E-state index contributed by atoms with van der Waals surface area (Å²) in [5.74, 6) is -0.498. The average Bonchev–Trinajstić information content (AvgIpc) is 3.04. The van der Waals surface area contributed by atoms with Gasteiger partial charge in [-0.15, -0.1) is 11.3 Å². The molecule has 6 nitrogen and oxygen atoms in total. The van der Waals surface area contributed by atoms with Gasteiger partial charge in [0.05, 0.1) is 5.56 Å². The van der Waals surface area contributed by atoms with Gasteiger partial charge in [0.15, 0.2) is 0 Å².